The number of carbonyl (C=O) groups excluding carboxylic acids is 1. The molecule has 0 aliphatic rings. The molecule has 0 fully saturated rings. The van der Waals surface area contributed by atoms with Crippen molar-refractivity contribution in [1.29, 1.82) is 0 Å². The monoisotopic (exact) mass is 201 g/mol. The number of hydrogen-bond acceptors (Lipinski definition) is 4. The van der Waals surface area contributed by atoms with E-state index in [2.05, 4.69) is 10.3 Å². The number of carbonyl (C=O) groups is 1. The first-order valence-corrected chi connectivity index (χ1v) is 3.54. The predicted molar refractivity (Wildman–Crippen MR) is 45.6 cm³/mol. The molecular formula is C6H4ClN3O3. The lowest BCUT2D eigenvalue weighted by Crippen LogP contribution is -2.01. The van der Waals surface area contributed by atoms with Gasteiger partial charge in [-0.1, -0.05) is 11.6 Å². The SMILES string of the molecule is O=CNc1nc(Cl)ccc1[N+](=O)[O-]. The third-order valence-electron chi connectivity index (χ3n) is 1.23. The number of aromatic nitrogens is 1. The summed E-state index contributed by atoms with van der Waals surface area (Å²) in [4.78, 5) is 23.3. The normalized spacial score (nSPS) is 9.31. The van der Waals surface area contributed by atoms with Gasteiger partial charge in [-0.25, -0.2) is 4.98 Å². The molecule has 0 saturated heterocycles. The van der Waals surface area contributed by atoms with E-state index < -0.39 is 4.92 Å². The van der Waals surface area contributed by atoms with Crippen molar-refractivity contribution in [2.75, 3.05) is 5.32 Å². The molecule has 0 atom stereocenters. The van der Waals surface area contributed by atoms with Crippen LogP contribution in [0.15, 0.2) is 12.1 Å². The zero-order valence-corrected chi connectivity index (χ0v) is 6.99. The summed E-state index contributed by atoms with van der Waals surface area (Å²) in [5.41, 5.74) is -0.295. The number of pyridine rings is 1. The number of nitro groups is 1. The summed E-state index contributed by atoms with van der Waals surface area (Å²) >= 11 is 5.47. The summed E-state index contributed by atoms with van der Waals surface area (Å²) in [6.45, 7) is 0. The maximum absolute atomic E-state index is 10.4. The molecule has 0 aromatic carbocycles. The molecule has 1 heterocycles. The van der Waals surface area contributed by atoms with Crippen molar-refractivity contribution in [3.05, 3.63) is 27.4 Å². The Morgan fingerprint density at radius 1 is 1.62 bits per heavy atom. The summed E-state index contributed by atoms with van der Waals surface area (Å²) in [7, 11) is 0. The molecule has 0 radical (unpaired) electrons. The fourth-order valence-electron chi connectivity index (χ4n) is 0.737. The van der Waals surface area contributed by atoms with Crippen molar-refractivity contribution in [1.82, 2.24) is 4.98 Å². The Bertz CT molecular complexity index is 355. The molecule has 68 valence electrons. The Kier molecular flexibility index (Phi) is 2.76. The molecule has 1 rings (SSSR count). The van der Waals surface area contributed by atoms with Gasteiger partial charge in [0.1, 0.15) is 5.15 Å². The van der Waals surface area contributed by atoms with Gasteiger partial charge in [0, 0.05) is 6.07 Å². The Balaban J connectivity index is 3.17. The number of halogens is 1. The van der Waals surface area contributed by atoms with Gasteiger partial charge < -0.3 is 5.32 Å². The Morgan fingerprint density at radius 2 is 2.31 bits per heavy atom. The summed E-state index contributed by atoms with van der Waals surface area (Å²) in [6, 6.07) is 2.44. The van der Waals surface area contributed by atoms with E-state index in [1.54, 1.807) is 0 Å². The van der Waals surface area contributed by atoms with Crippen LogP contribution in [-0.2, 0) is 4.79 Å². The summed E-state index contributed by atoms with van der Waals surface area (Å²) < 4.78 is 0. The van der Waals surface area contributed by atoms with Crippen molar-refractivity contribution >= 4 is 29.5 Å². The zero-order valence-electron chi connectivity index (χ0n) is 6.23. The highest BCUT2D eigenvalue weighted by Crippen LogP contribution is 2.22. The number of anilines is 1. The standard InChI is InChI=1S/C6H4ClN3O3/c7-5-2-1-4(10(12)13)6(9-5)8-3-11/h1-3H,(H,8,9,11). The molecule has 0 aliphatic carbocycles. The first-order valence-electron chi connectivity index (χ1n) is 3.16. The van der Waals surface area contributed by atoms with Gasteiger partial charge in [-0.2, -0.15) is 0 Å². The molecule has 0 bridgehead atoms. The highest BCUT2D eigenvalue weighted by molar-refractivity contribution is 6.29. The number of rotatable bonds is 3. The van der Waals surface area contributed by atoms with E-state index in [9.17, 15) is 14.9 Å². The third-order valence-corrected chi connectivity index (χ3v) is 1.44. The van der Waals surface area contributed by atoms with Crippen LogP contribution in [0.1, 0.15) is 0 Å². The minimum atomic E-state index is -0.658. The number of hydrogen-bond donors (Lipinski definition) is 1. The van der Waals surface area contributed by atoms with Crippen LogP contribution in [0.2, 0.25) is 5.15 Å². The summed E-state index contributed by atoms with van der Waals surface area (Å²) in [5, 5.41) is 12.5. The van der Waals surface area contributed by atoms with Gasteiger partial charge in [0.2, 0.25) is 12.2 Å². The fraction of sp³-hybridized carbons (Fsp3) is 0. The van der Waals surface area contributed by atoms with Gasteiger partial charge in [0.15, 0.2) is 0 Å². The van der Waals surface area contributed by atoms with Crippen LogP contribution in [0.3, 0.4) is 0 Å². The van der Waals surface area contributed by atoms with Gasteiger partial charge >= 0.3 is 5.69 Å². The first kappa shape index (κ1) is 9.40. The first-order chi connectivity index (χ1) is 6.15. The largest absolute Gasteiger partial charge is 0.311 e. The third kappa shape index (κ3) is 2.12. The van der Waals surface area contributed by atoms with Crippen molar-refractivity contribution < 1.29 is 9.72 Å². The van der Waals surface area contributed by atoms with Crippen LogP contribution in [0.5, 0.6) is 0 Å². The molecule has 0 saturated carbocycles. The Hall–Kier alpha value is -1.69. The smallest absolute Gasteiger partial charge is 0.307 e. The molecule has 7 heteroatoms. The second-order valence-electron chi connectivity index (χ2n) is 2.02. The van der Waals surface area contributed by atoms with E-state index >= 15 is 0 Å². The molecule has 1 amide bonds. The fourth-order valence-corrected chi connectivity index (χ4v) is 0.885. The molecule has 1 N–H and O–H groups in total. The van der Waals surface area contributed by atoms with Crippen molar-refractivity contribution in [3.8, 4) is 0 Å². The minimum absolute atomic E-state index is 0.0787. The van der Waals surface area contributed by atoms with E-state index in [0.717, 1.165) is 0 Å². The summed E-state index contributed by atoms with van der Waals surface area (Å²) in [6.07, 6.45) is 0.297. The van der Waals surface area contributed by atoms with Crippen molar-refractivity contribution in [2.24, 2.45) is 0 Å². The molecule has 0 aliphatic heterocycles. The molecule has 6 nitrogen and oxygen atoms in total. The van der Waals surface area contributed by atoms with Crippen LogP contribution < -0.4 is 5.32 Å². The Morgan fingerprint density at radius 3 is 2.85 bits per heavy atom. The predicted octanol–water partition coefficient (Wildman–Crippen LogP) is 1.21. The van der Waals surface area contributed by atoms with Crippen LogP contribution in [0, 0.1) is 10.1 Å². The van der Waals surface area contributed by atoms with E-state index in [-0.39, 0.29) is 16.7 Å². The topological polar surface area (TPSA) is 85.1 Å². The van der Waals surface area contributed by atoms with Crippen molar-refractivity contribution in [2.45, 2.75) is 0 Å². The average Bonchev–Trinajstić information content (AvgIpc) is 2.04. The van der Waals surface area contributed by atoms with E-state index in [1.807, 2.05) is 0 Å². The van der Waals surface area contributed by atoms with Gasteiger partial charge in [-0.15, -0.1) is 0 Å². The Labute approximate surface area is 77.7 Å². The van der Waals surface area contributed by atoms with Crippen LogP contribution in [-0.4, -0.2) is 16.3 Å². The lowest BCUT2D eigenvalue weighted by atomic mass is 10.4. The highest BCUT2D eigenvalue weighted by Gasteiger charge is 2.14. The maximum Gasteiger partial charge on any atom is 0.311 e. The number of nitrogens with zero attached hydrogens (tertiary/aromatic N) is 2. The second kappa shape index (κ2) is 3.81. The van der Waals surface area contributed by atoms with E-state index in [1.165, 1.54) is 12.1 Å². The van der Waals surface area contributed by atoms with Crippen LogP contribution in [0.4, 0.5) is 11.5 Å². The summed E-state index contributed by atoms with van der Waals surface area (Å²) in [5.74, 6) is -0.160. The number of nitrogens with one attached hydrogen (secondary N) is 1. The van der Waals surface area contributed by atoms with Gasteiger partial charge in [-0.3, -0.25) is 14.9 Å². The molecule has 0 spiro atoms. The van der Waals surface area contributed by atoms with Crippen LogP contribution in [0.25, 0.3) is 0 Å². The quantitative estimate of drug-likeness (QED) is 0.345. The van der Waals surface area contributed by atoms with Gasteiger partial charge in [0.25, 0.3) is 0 Å². The molecular weight excluding hydrogens is 198 g/mol. The van der Waals surface area contributed by atoms with Crippen molar-refractivity contribution in [3.63, 3.8) is 0 Å². The van der Waals surface area contributed by atoms with E-state index in [0.29, 0.717) is 6.41 Å². The average molecular weight is 202 g/mol. The van der Waals surface area contributed by atoms with E-state index in [4.69, 9.17) is 11.6 Å². The minimum Gasteiger partial charge on any atom is -0.307 e. The zero-order chi connectivity index (χ0) is 9.84. The lowest BCUT2D eigenvalue weighted by molar-refractivity contribution is -0.384. The lowest BCUT2D eigenvalue weighted by Gasteiger charge is -1.98. The molecule has 1 aromatic heterocycles. The maximum atomic E-state index is 10.4. The van der Waals surface area contributed by atoms with Crippen LogP contribution >= 0.6 is 11.6 Å². The molecule has 1 aromatic rings. The van der Waals surface area contributed by atoms with Gasteiger partial charge in [-0.05, 0) is 6.07 Å². The molecule has 13 heavy (non-hydrogen) atoms. The second-order valence-corrected chi connectivity index (χ2v) is 2.41. The molecule has 0 unspecified atom stereocenters. The number of amides is 1. The highest BCUT2D eigenvalue weighted by atomic mass is 35.5. The van der Waals surface area contributed by atoms with Gasteiger partial charge in [0.05, 0.1) is 4.92 Å².